The second-order valence-corrected chi connectivity index (χ2v) is 30.2. The molecule has 0 spiro atoms. The van der Waals surface area contributed by atoms with E-state index in [9.17, 15) is 46.7 Å². The molecule has 16 N–H and O–H groups in total. The number of hydrogen-bond donors (Lipinski definition) is 12. The number of nitrogens with two attached hydrogens (primary N) is 4. The normalized spacial score (nSPS) is 22.0. The first kappa shape index (κ1) is 94.8. The van der Waals surface area contributed by atoms with Gasteiger partial charge in [-0.2, -0.15) is 13.2 Å². The molecule has 0 bridgehead atoms. The molecule has 2 heterocycles. The number of carboxylic acid groups (broad SMARTS) is 1. The Balaban J connectivity index is 0.00000238. The topological polar surface area (TPSA) is 469 Å². The van der Waals surface area contributed by atoms with E-state index in [1.165, 1.54) is 0 Å². The number of nitrogens with one attached hydrogen (secondary N) is 7. The summed E-state index contributed by atoms with van der Waals surface area (Å²) in [5, 5.41) is 26.0. The minimum absolute atomic E-state index is 0.237. The molecule has 2 saturated heterocycles. The zero-order valence-corrected chi connectivity index (χ0v) is 70.7. The van der Waals surface area contributed by atoms with E-state index < -0.39 is 160 Å². The SMILES string of the molecule is CN(C)c1ccc(NC(=O)OC[C@H]2O[C@H](O[C@@H]3[C@@H](OC(=O)Nc4ccc(N(C)C)cc4)[C@H](O[C@H]4O[C@H](CN)[C@@H](OC(=O)Nc5ccc(N(C)C)cc5)[C@H](OC(=O)Nc5ccc(N(C)C)cc5)[C@H]4OC(=O)Nc4ccc(N(C)C)cc4)[C@@H](N)C[C@H]3N)[C@H](OC(=O)Nc3ccc(N(C)C)cc3)[C@@H](N)[C@@H]2OC(=O)Nc2ccc(N(C)C)cc2)cc1.O=C(O)C(F)(F)F. The first-order chi connectivity index (χ1) is 58.7. The predicted octanol–water partition coefficient (Wildman–Crippen LogP) is 9.60. The van der Waals surface area contributed by atoms with E-state index in [2.05, 4.69) is 37.2 Å². The van der Waals surface area contributed by atoms with Crippen LogP contribution in [0, 0.1) is 0 Å². The Morgan fingerprint density at radius 3 is 0.815 bits per heavy atom. The van der Waals surface area contributed by atoms with Gasteiger partial charge in [-0.15, -0.1) is 0 Å². The number of amides is 7. The van der Waals surface area contributed by atoms with Gasteiger partial charge in [-0.05, 0) is 176 Å². The maximum atomic E-state index is 15.0. The van der Waals surface area contributed by atoms with Crippen molar-refractivity contribution in [2.24, 2.45) is 22.9 Å². The Hall–Kier alpha value is -13.0. The quantitative estimate of drug-likeness (QED) is 0.0213. The smallest absolute Gasteiger partial charge is 0.475 e. The summed E-state index contributed by atoms with van der Waals surface area (Å²) in [6.45, 7) is -1.24. The third-order valence-electron chi connectivity index (χ3n) is 19.6. The van der Waals surface area contributed by atoms with Crippen LogP contribution in [0.1, 0.15) is 6.42 Å². The van der Waals surface area contributed by atoms with Crippen molar-refractivity contribution in [2.45, 2.75) is 104 Å². The van der Waals surface area contributed by atoms with Gasteiger partial charge in [0.1, 0.15) is 31.0 Å². The van der Waals surface area contributed by atoms with Crippen molar-refractivity contribution in [3.8, 4) is 0 Å². The molecule has 3 aliphatic rings. The highest BCUT2D eigenvalue weighted by atomic mass is 19.4. The predicted molar refractivity (Wildman–Crippen MR) is 462 cm³/mol. The molecular formula is C83H107F3N18O20. The van der Waals surface area contributed by atoms with Gasteiger partial charge in [-0.25, -0.2) is 38.4 Å². The molecule has 1 saturated carbocycles. The molecule has 38 nitrogen and oxygen atoms in total. The highest BCUT2D eigenvalue weighted by molar-refractivity contribution is 5.90. The highest BCUT2D eigenvalue weighted by Crippen LogP contribution is 2.38. The molecule has 7 aromatic rings. The average molecular weight is 1730 g/mol. The summed E-state index contributed by atoms with van der Waals surface area (Å²) in [6.07, 6.45) is -34.8. The minimum atomic E-state index is -5.08. The fourth-order valence-electron chi connectivity index (χ4n) is 12.9. The third-order valence-corrected chi connectivity index (χ3v) is 19.6. The lowest BCUT2D eigenvalue weighted by Gasteiger charge is -2.50. The van der Waals surface area contributed by atoms with Crippen LogP contribution in [0.3, 0.4) is 0 Å². The summed E-state index contributed by atoms with van der Waals surface area (Å²) in [4.78, 5) is 124. The van der Waals surface area contributed by atoms with Gasteiger partial charge in [0.15, 0.2) is 49.2 Å². The average Bonchev–Trinajstić information content (AvgIpc) is 0.762. The molecule has 15 atom stereocenters. The summed E-state index contributed by atoms with van der Waals surface area (Å²) < 4.78 is 103. The number of carboxylic acids is 1. The molecular weight excluding hydrogens is 1630 g/mol. The van der Waals surface area contributed by atoms with Gasteiger partial charge >= 0.3 is 54.8 Å². The van der Waals surface area contributed by atoms with Crippen LogP contribution in [0.15, 0.2) is 170 Å². The lowest BCUT2D eigenvalue weighted by Crippen LogP contribution is -2.70. The Morgan fingerprint density at radius 1 is 0.339 bits per heavy atom. The second-order valence-electron chi connectivity index (χ2n) is 30.2. The first-order valence-corrected chi connectivity index (χ1v) is 38.8. The molecule has 3 fully saturated rings. The fourth-order valence-corrected chi connectivity index (χ4v) is 12.9. The maximum Gasteiger partial charge on any atom is 0.490 e. The summed E-state index contributed by atoms with van der Waals surface area (Å²) in [5.74, 6) is -2.76. The van der Waals surface area contributed by atoms with E-state index >= 15 is 0 Å². The van der Waals surface area contributed by atoms with Crippen molar-refractivity contribution in [1.82, 2.24) is 0 Å². The van der Waals surface area contributed by atoms with Crippen molar-refractivity contribution in [1.29, 1.82) is 0 Å². The van der Waals surface area contributed by atoms with E-state index in [0.29, 0.717) is 17.1 Å². The van der Waals surface area contributed by atoms with Crippen molar-refractivity contribution in [2.75, 3.05) is 183 Å². The number of benzene rings is 7. The van der Waals surface area contributed by atoms with E-state index in [4.69, 9.17) is 84.9 Å². The van der Waals surface area contributed by atoms with Crippen LogP contribution in [0.2, 0.25) is 0 Å². The molecule has 0 radical (unpaired) electrons. The van der Waals surface area contributed by atoms with Gasteiger partial charge in [0.2, 0.25) is 0 Å². The molecule has 670 valence electrons. The van der Waals surface area contributed by atoms with Crippen LogP contribution in [0.25, 0.3) is 0 Å². The van der Waals surface area contributed by atoms with E-state index in [1.807, 2.05) is 133 Å². The third kappa shape index (κ3) is 26.7. The largest absolute Gasteiger partial charge is 0.490 e. The lowest BCUT2D eigenvalue weighted by atomic mass is 9.84. The zero-order chi connectivity index (χ0) is 90.6. The van der Waals surface area contributed by atoms with Gasteiger partial charge in [-0.3, -0.25) is 37.2 Å². The van der Waals surface area contributed by atoms with Crippen LogP contribution < -0.4 is 94.5 Å². The first-order valence-electron chi connectivity index (χ1n) is 38.8. The minimum Gasteiger partial charge on any atom is -0.475 e. The van der Waals surface area contributed by atoms with Crippen molar-refractivity contribution in [3.63, 3.8) is 0 Å². The van der Waals surface area contributed by atoms with Crippen LogP contribution in [0.5, 0.6) is 0 Å². The van der Waals surface area contributed by atoms with Crippen LogP contribution >= 0.6 is 0 Å². The number of nitrogens with zero attached hydrogens (tertiary/aromatic N) is 7. The molecule has 0 unspecified atom stereocenters. The lowest BCUT2D eigenvalue weighted by molar-refractivity contribution is -0.328. The molecule has 1 aliphatic carbocycles. The molecule has 0 aromatic heterocycles. The number of hydrogen-bond acceptors (Lipinski definition) is 30. The van der Waals surface area contributed by atoms with Gasteiger partial charge in [0, 0.05) is 197 Å². The highest BCUT2D eigenvalue weighted by Gasteiger charge is 2.58. The molecule has 10 rings (SSSR count). The van der Waals surface area contributed by atoms with E-state index in [0.717, 1.165) is 39.8 Å². The Bertz CT molecular complexity index is 4680. The number of ether oxygens (including phenoxy) is 11. The van der Waals surface area contributed by atoms with E-state index in [1.54, 1.807) is 170 Å². The molecule has 7 amide bonds. The summed E-state index contributed by atoms with van der Waals surface area (Å²) >= 11 is 0. The van der Waals surface area contributed by atoms with Crippen LogP contribution in [-0.4, -0.2) is 263 Å². The van der Waals surface area contributed by atoms with Crippen molar-refractivity contribution >= 4 is 128 Å². The number of alkyl halides is 3. The van der Waals surface area contributed by atoms with Crippen molar-refractivity contribution < 1.29 is 109 Å². The molecule has 7 aromatic carbocycles. The number of halogens is 3. The van der Waals surface area contributed by atoms with E-state index in [-0.39, 0.29) is 29.2 Å². The molecule has 124 heavy (non-hydrogen) atoms. The van der Waals surface area contributed by atoms with Gasteiger partial charge in [0.25, 0.3) is 0 Å². The van der Waals surface area contributed by atoms with Gasteiger partial charge in [-0.1, -0.05) is 0 Å². The fraction of sp³-hybridized carbons (Fsp3) is 0.398. The number of carbonyl (C=O) groups excluding carboxylic acids is 7. The number of aliphatic carboxylic acids is 1. The summed E-state index contributed by atoms with van der Waals surface area (Å²) in [7, 11) is 25.8. The second kappa shape index (κ2) is 43.1. The van der Waals surface area contributed by atoms with Gasteiger partial charge < -0.3 is 114 Å². The molecule has 2 aliphatic heterocycles. The number of carbonyl (C=O) groups is 8. The van der Waals surface area contributed by atoms with Crippen LogP contribution in [-0.2, 0) is 56.9 Å². The Labute approximate surface area is 714 Å². The van der Waals surface area contributed by atoms with Crippen molar-refractivity contribution in [3.05, 3.63) is 170 Å². The molecule has 41 heteroatoms. The number of anilines is 14. The number of rotatable bonds is 27. The maximum absolute atomic E-state index is 15.0. The van der Waals surface area contributed by atoms with Crippen LogP contribution in [0.4, 0.5) is 126 Å². The summed E-state index contributed by atoms with van der Waals surface area (Å²) in [5.41, 5.74) is 35.9. The standard InChI is InChI=1S/C81H106N18O18.C2HF3O2/c1-93(2)53-29-15-46(16-30-53)86-75(100)107-45-63-67(112-76(101)87-47-17-31-54(32-18-47)94(3)4)64(85)69(114-78(103)89-49-21-35-56(36-22-49)96(7)8)73(109-63)110-65-60(83)43-61(84)66(70(65)115-79(104)90-50-23-37-57(38-24-50)97(9)10)111-74-72(117-81(106)92-52-27-41-59(42-28-52)99(13)14)71(116-80(105)91-51-25-39-58(40-26-51)98(11)12)68(62(44-82)108-74)113-77(102)88-48-19-33-55(34-20-48)95(5)6;3-2(4,5)1(6)7/h15-42,60-74H,43-45,82-85H2,1-14H3,(H,86,100)(H,87,101)(H,88,102)(H,89,103)(H,90,104)(H,91,105)(H,92,106);(H,6,7)/t60-,61+,62-,63-,64+,65+,66-,67-,68-,69-,70-,71+,72-,73-,74-;/m1./s1. The Kier molecular flexibility index (Phi) is 33.0. The Morgan fingerprint density at radius 2 is 0.556 bits per heavy atom. The van der Waals surface area contributed by atoms with Gasteiger partial charge in [0.05, 0.1) is 6.04 Å². The monoisotopic (exact) mass is 1730 g/mol. The summed E-state index contributed by atoms with van der Waals surface area (Å²) in [6, 6.07) is 42.9. The zero-order valence-electron chi connectivity index (χ0n) is 70.7.